The average Bonchev–Trinajstić information content (AvgIpc) is 3.35. The molecule has 0 aromatic heterocycles. The molecule has 2 N–H and O–H groups in total. The van der Waals surface area contributed by atoms with Gasteiger partial charge in [-0.05, 0) is 67.3 Å². The third-order valence-corrected chi connectivity index (χ3v) is 5.85. The third-order valence-electron chi connectivity index (χ3n) is 5.85. The number of carbonyl (C=O) groups is 3. The molecule has 1 saturated heterocycles. The molecule has 3 aromatic carbocycles. The number of amides is 3. The predicted molar refractivity (Wildman–Crippen MR) is 128 cm³/mol. The molecule has 0 aliphatic carbocycles. The number of halogens is 1. The predicted octanol–water partition coefficient (Wildman–Crippen LogP) is 4.04. The van der Waals surface area contributed by atoms with E-state index >= 15 is 0 Å². The van der Waals surface area contributed by atoms with Crippen LogP contribution in [-0.2, 0) is 11.2 Å². The molecule has 1 unspecified atom stereocenters. The SMILES string of the molecule is O=C(Nc1cccc(C(=O)N2CCCC2C(=O)NCCc2ccccc2)c1)c1ccc(F)cc1. The Balaban J connectivity index is 1.37. The van der Waals surface area contributed by atoms with Crippen LogP contribution in [-0.4, -0.2) is 41.8 Å². The quantitative estimate of drug-likeness (QED) is 0.560. The van der Waals surface area contributed by atoms with E-state index in [4.69, 9.17) is 0 Å². The molecule has 4 rings (SSSR count). The van der Waals surface area contributed by atoms with Gasteiger partial charge in [-0.2, -0.15) is 0 Å². The van der Waals surface area contributed by atoms with Gasteiger partial charge < -0.3 is 15.5 Å². The first kappa shape index (κ1) is 23.2. The molecule has 0 spiro atoms. The molecular weight excluding hydrogens is 433 g/mol. The van der Waals surface area contributed by atoms with Crippen molar-refractivity contribution in [1.82, 2.24) is 10.2 Å². The summed E-state index contributed by atoms with van der Waals surface area (Å²) in [5, 5.41) is 5.68. The number of rotatable bonds is 7. The van der Waals surface area contributed by atoms with Crippen LogP contribution in [0.5, 0.6) is 0 Å². The zero-order valence-electron chi connectivity index (χ0n) is 18.7. The Hall–Kier alpha value is -4.00. The summed E-state index contributed by atoms with van der Waals surface area (Å²) < 4.78 is 13.1. The Bertz CT molecular complexity index is 1170. The highest BCUT2D eigenvalue weighted by Gasteiger charge is 2.34. The average molecular weight is 460 g/mol. The van der Waals surface area contributed by atoms with Gasteiger partial charge in [-0.25, -0.2) is 4.39 Å². The second kappa shape index (κ2) is 10.7. The van der Waals surface area contributed by atoms with Crippen LogP contribution in [0.1, 0.15) is 39.1 Å². The lowest BCUT2D eigenvalue weighted by Crippen LogP contribution is -2.46. The summed E-state index contributed by atoms with van der Waals surface area (Å²) in [7, 11) is 0. The zero-order valence-corrected chi connectivity index (χ0v) is 18.7. The fourth-order valence-corrected chi connectivity index (χ4v) is 4.08. The van der Waals surface area contributed by atoms with E-state index < -0.39 is 17.8 Å². The van der Waals surface area contributed by atoms with E-state index in [1.807, 2.05) is 30.3 Å². The molecule has 0 radical (unpaired) electrons. The number of nitrogens with zero attached hydrogens (tertiary/aromatic N) is 1. The Kier molecular flexibility index (Phi) is 7.32. The van der Waals surface area contributed by atoms with E-state index in [9.17, 15) is 18.8 Å². The maximum absolute atomic E-state index is 13.2. The van der Waals surface area contributed by atoms with Crippen LogP contribution in [0, 0.1) is 5.82 Å². The van der Waals surface area contributed by atoms with Crippen molar-refractivity contribution in [1.29, 1.82) is 0 Å². The highest BCUT2D eigenvalue weighted by Crippen LogP contribution is 2.22. The van der Waals surface area contributed by atoms with Gasteiger partial charge in [0.1, 0.15) is 11.9 Å². The zero-order chi connectivity index (χ0) is 23.9. The molecule has 1 fully saturated rings. The second-order valence-electron chi connectivity index (χ2n) is 8.23. The van der Waals surface area contributed by atoms with Crippen molar-refractivity contribution >= 4 is 23.4 Å². The number of benzene rings is 3. The van der Waals surface area contributed by atoms with Crippen molar-refractivity contribution in [2.75, 3.05) is 18.4 Å². The van der Waals surface area contributed by atoms with Gasteiger partial charge in [0.25, 0.3) is 11.8 Å². The van der Waals surface area contributed by atoms with Gasteiger partial charge in [0, 0.05) is 29.9 Å². The summed E-state index contributed by atoms with van der Waals surface area (Å²) in [5.74, 6) is -1.23. The number of hydrogen-bond donors (Lipinski definition) is 2. The van der Waals surface area contributed by atoms with Gasteiger partial charge in [-0.3, -0.25) is 14.4 Å². The first-order chi connectivity index (χ1) is 16.5. The van der Waals surface area contributed by atoms with Crippen molar-refractivity contribution in [2.24, 2.45) is 0 Å². The number of hydrogen-bond acceptors (Lipinski definition) is 3. The molecular formula is C27H26FN3O3. The normalized spacial score (nSPS) is 15.1. The number of nitrogens with one attached hydrogen (secondary N) is 2. The summed E-state index contributed by atoms with van der Waals surface area (Å²) in [6.07, 6.45) is 2.09. The van der Waals surface area contributed by atoms with Crippen LogP contribution >= 0.6 is 0 Å². The molecule has 3 aromatic rings. The Morgan fingerprint density at radius 2 is 1.68 bits per heavy atom. The fraction of sp³-hybridized carbons (Fsp3) is 0.222. The monoisotopic (exact) mass is 459 g/mol. The van der Waals surface area contributed by atoms with E-state index in [0.29, 0.717) is 36.3 Å². The van der Waals surface area contributed by atoms with Gasteiger partial charge in [0.05, 0.1) is 0 Å². The van der Waals surface area contributed by atoms with Crippen LogP contribution in [0.25, 0.3) is 0 Å². The lowest BCUT2D eigenvalue weighted by molar-refractivity contribution is -0.124. The number of carbonyl (C=O) groups excluding carboxylic acids is 3. The molecule has 6 nitrogen and oxygen atoms in total. The van der Waals surface area contributed by atoms with Crippen molar-refractivity contribution in [3.8, 4) is 0 Å². The molecule has 7 heteroatoms. The molecule has 1 heterocycles. The van der Waals surface area contributed by atoms with E-state index in [2.05, 4.69) is 10.6 Å². The van der Waals surface area contributed by atoms with Gasteiger partial charge in [0.15, 0.2) is 0 Å². The number of anilines is 1. The maximum Gasteiger partial charge on any atom is 0.255 e. The Morgan fingerprint density at radius 3 is 2.44 bits per heavy atom. The standard InChI is InChI=1S/C27H26FN3O3/c28-22-13-11-20(12-14-22)25(32)30-23-9-4-8-21(18-23)27(34)31-17-5-10-24(31)26(33)29-16-15-19-6-2-1-3-7-19/h1-4,6-9,11-14,18,24H,5,10,15-17H2,(H,29,33)(H,30,32). The minimum absolute atomic E-state index is 0.150. The topological polar surface area (TPSA) is 78.5 Å². The first-order valence-corrected chi connectivity index (χ1v) is 11.3. The molecule has 0 saturated carbocycles. The van der Waals surface area contributed by atoms with Crippen LogP contribution in [0.15, 0.2) is 78.9 Å². The van der Waals surface area contributed by atoms with Crippen LogP contribution in [0.3, 0.4) is 0 Å². The van der Waals surface area contributed by atoms with E-state index in [1.54, 1.807) is 29.2 Å². The highest BCUT2D eigenvalue weighted by molar-refractivity contribution is 6.05. The summed E-state index contributed by atoms with van der Waals surface area (Å²) in [5.41, 5.74) is 2.29. The molecule has 1 aliphatic heterocycles. The van der Waals surface area contributed by atoms with Gasteiger partial charge in [0.2, 0.25) is 5.91 Å². The van der Waals surface area contributed by atoms with E-state index in [0.717, 1.165) is 18.4 Å². The van der Waals surface area contributed by atoms with Crippen molar-refractivity contribution in [2.45, 2.75) is 25.3 Å². The van der Waals surface area contributed by atoms with E-state index in [-0.39, 0.29) is 11.8 Å². The van der Waals surface area contributed by atoms with Gasteiger partial charge in [-0.15, -0.1) is 0 Å². The molecule has 1 aliphatic rings. The second-order valence-corrected chi connectivity index (χ2v) is 8.23. The summed E-state index contributed by atoms with van der Waals surface area (Å²) >= 11 is 0. The lowest BCUT2D eigenvalue weighted by atomic mass is 10.1. The molecule has 1 atom stereocenters. The number of likely N-dealkylation sites (tertiary alicyclic amines) is 1. The highest BCUT2D eigenvalue weighted by atomic mass is 19.1. The smallest absolute Gasteiger partial charge is 0.255 e. The minimum atomic E-state index is -0.513. The Morgan fingerprint density at radius 1 is 0.912 bits per heavy atom. The molecule has 34 heavy (non-hydrogen) atoms. The maximum atomic E-state index is 13.2. The van der Waals surface area contributed by atoms with Crippen LogP contribution in [0.2, 0.25) is 0 Å². The van der Waals surface area contributed by atoms with Crippen molar-refractivity contribution in [3.05, 3.63) is 101 Å². The first-order valence-electron chi connectivity index (χ1n) is 11.3. The lowest BCUT2D eigenvalue weighted by Gasteiger charge is -2.24. The van der Waals surface area contributed by atoms with Crippen LogP contribution in [0.4, 0.5) is 10.1 Å². The molecule has 0 bridgehead atoms. The summed E-state index contributed by atoms with van der Waals surface area (Å²) in [6, 6.07) is 21.2. The molecule has 174 valence electrons. The van der Waals surface area contributed by atoms with E-state index in [1.165, 1.54) is 24.3 Å². The largest absolute Gasteiger partial charge is 0.354 e. The summed E-state index contributed by atoms with van der Waals surface area (Å²) in [4.78, 5) is 40.0. The van der Waals surface area contributed by atoms with Gasteiger partial charge >= 0.3 is 0 Å². The summed E-state index contributed by atoms with van der Waals surface area (Å²) in [6.45, 7) is 1.01. The minimum Gasteiger partial charge on any atom is -0.354 e. The van der Waals surface area contributed by atoms with Crippen molar-refractivity contribution in [3.63, 3.8) is 0 Å². The third kappa shape index (κ3) is 5.67. The fourth-order valence-electron chi connectivity index (χ4n) is 4.08. The van der Waals surface area contributed by atoms with Crippen molar-refractivity contribution < 1.29 is 18.8 Å². The van der Waals surface area contributed by atoms with Gasteiger partial charge in [-0.1, -0.05) is 36.4 Å². The van der Waals surface area contributed by atoms with Crippen LogP contribution < -0.4 is 10.6 Å². The molecule has 3 amide bonds. The Labute approximate surface area is 197 Å².